The molecule has 1 aromatic rings. The molecule has 0 aromatic carbocycles. The van der Waals surface area contributed by atoms with Gasteiger partial charge >= 0.3 is 0 Å². The normalized spacial score (nSPS) is 11.1. The molecule has 1 aromatic heterocycles. The number of nitrogens with one attached hydrogen (secondary N) is 1. The molecule has 17 heavy (non-hydrogen) atoms. The van der Waals surface area contributed by atoms with Crippen LogP contribution in [0.4, 0.5) is 5.00 Å². The molecule has 0 saturated heterocycles. The van der Waals surface area contributed by atoms with Gasteiger partial charge < -0.3 is 15.3 Å². The van der Waals surface area contributed by atoms with Crippen LogP contribution in [-0.2, 0) is 6.54 Å². The standard InChI is InChI=1S/C11H22N4OS/c1-3-12-11-10(13-14-17-11)9-15(2)7-5-4-6-8-16/h12,16H,3-9H2,1-2H3. The SMILES string of the molecule is CCNc1snnc1CN(C)CCCCCO. The quantitative estimate of drug-likeness (QED) is 0.658. The fourth-order valence-corrected chi connectivity index (χ4v) is 2.25. The molecule has 0 bridgehead atoms. The largest absolute Gasteiger partial charge is 0.396 e. The Morgan fingerprint density at radius 2 is 2.18 bits per heavy atom. The van der Waals surface area contributed by atoms with Crippen molar-refractivity contribution in [2.75, 3.05) is 32.1 Å². The average Bonchev–Trinajstić information content (AvgIpc) is 2.73. The Kier molecular flexibility index (Phi) is 7.07. The zero-order valence-corrected chi connectivity index (χ0v) is 11.5. The van der Waals surface area contributed by atoms with Crippen molar-refractivity contribution >= 4 is 16.5 Å². The van der Waals surface area contributed by atoms with Crippen LogP contribution < -0.4 is 5.32 Å². The minimum atomic E-state index is 0.296. The summed E-state index contributed by atoms with van der Waals surface area (Å²) in [6, 6.07) is 0. The van der Waals surface area contributed by atoms with E-state index in [4.69, 9.17) is 5.11 Å². The van der Waals surface area contributed by atoms with Crippen LogP contribution in [0.1, 0.15) is 31.9 Å². The molecule has 0 aliphatic heterocycles. The maximum Gasteiger partial charge on any atom is 0.134 e. The number of hydrogen-bond donors (Lipinski definition) is 2. The molecule has 6 heteroatoms. The van der Waals surface area contributed by atoms with Crippen molar-refractivity contribution < 1.29 is 5.11 Å². The maximum absolute atomic E-state index is 8.70. The highest BCUT2D eigenvalue weighted by Gasteiger charge is 2.09. The van der Waals surface area contributed by atoms with Gasteiger partial charge in [0.2, 0.25) is 0 Å². The third-order valence-electron chi connectivity index (χ3n) is 2.51. The van der Waals surface area contributed by atoms with E-state index < -0.39 is 0 Å². The number of anilines is 1. The van der Waals surface area contributed by atoms with Crippen molar-refractivity contribution in [3.8, 4) is 0 Å². The number of aromatic nitrogens is 2. The van der Waals surface area contributed by atoms with Crippen LogP contribution >= 0.6 is 11.5 Å². The molecule has 0 unspecified atom stereocenters. The number of aliphatic hydroxyl groups excluding tert-OH is 1. The van der Waals surface area contributed by atoms with Gasteiger partial charge in [0.15, 0.2) is 0 Å². The second kappa shape index (κ2) is 8.38. The van der Waals surface area contributed by atoms with Gasteiger partial charge in [-0.25, -0.2) is 0 Å². The summed E-state index contributed by atoms with van der Waals surface area (Å²) >= 11 is 1.42. The lowest BCUT2D eigenvalue weighted by Gasteiger charge is -2.15. The molecule has 0 fully saturated rings. The summed E-state index contributed by atoms with van der Waals surface area (Å²) in [4.78, 5) is 2.24. The summed E-state index contributed by atoms with van der Waals surface area (Å²) in [6.45, 7) is 5.13. The van der Waals surface area contributed by atoms with Crippen LogP contribution in [0, 0.1) is 0 Å². The van der Waals surface area contributed by atoms with E-state index in [9.17, 15) is 0 Å². The van der Waals surface area contributed by atoms with E-state index in [0.717, 1.165) is 49.6 Å². The summed E-state index contributed by atoms with van der Waals surface area (Å²) in [5.41, 5.74) is 1.03. The molecule has 0 radical (unpaired) electrons. The number of rotatable bonds is 9. The smallest absolute Gasteiger partial charge is 0.134 e. The Hall–Kier alpha value is -0.720. The highest BCUT2D eigenvalue weighted by molar-refractivity contribution is 7.10. The van der Waals surface area contributed by atoms with Crippen molar-refractivity contribution in [1.29, 1.82) is 0 Å². The van der Waals surface area contributed by atoms with E-state index in [1.54, 1.807) is 0 Å². The maximum atomic E-state index is 8.70. The minimum Gasteiger partial charge on any atom is -0.396 e. The molecular weight excluding hydrogens is 236 g/mol. The van der Waals surface area contributed by atoms with Crippen LogP contribution in [0.2, 0.25) is 0 Å². The summed E-state index contributed by atoms with van der Waals surface area (Å²) < 4.78 is 3.97. The zero-order chi connectivity index (χ0) is 12.5. The van der Waals surface area contributed by atoms with Gasteiger partial charge in [-0.2, -0.15) is 0 Å². The predicted molar refractivity (Wildman–Crippen MR) is 71.3 cm³/mol. The zero-order valence-electron chi connectivity index (χ0n) is 10.6. The van der Waals surface area contributed by atoms with Crippen LogP contribution in [0.25, 0.3) is 0 Å². The fourth-order valence-electron chi connectivity index (χ4n) is 1.61. The van der Waals surface area contributed by atoms with Gasteiger partial charge in [0.05, 0.1) is 0 Å². The summed E-state index contributed by atoms with van der Waals surface area (Å²) in [5, 5.41) is 17.2. The number of hydrogen-bond acceptors (Lipinski definition) is 6. The Morgan fingerprint density at radius 1 is 1.35 bits per heavy atom. The second-order valence-electron chi connectivity index (χ2n) is 4.10. The molecule has 2 N–H and O–H groups in total. The molecule has 0 saturated carbocycles. The van der Waals surface area contributed by atoms with E-state index in [-0.39, 0.29) is 0 Å². The lowest BCUT2D eigenvalue weighted by atomic mass is 10.2. The minimum absolute atomic E-state index is 0.296. The van der Waals surface area contributed by atoms with Gasteiger partial charge in [-0.1, -0.05) is 4.49 Å². The van der Waals surface area contributed by atoms with E-state index in [2.05, 4.69) is 33.8 Å². The molecule has 5 nitrogen and oxygen atoms in total. The molecule has 0 aliphatic carbocycles. The summed E-state index contributed by atoms with van der Waals surface area (Å²) in [5.74, 6) is 0. The number of unbranched alkanes of at least 4 members (excludes halogenated alkanes) is 2. The molecule has 98 valence electrons. The first kappa shape index (κ1) is 14.3. The second-order valence-corrected chi connectivity index (χ2v) is 4.86. The third kappa shape index (κ3) is 5.43. The highest BCUT2D eigenvalue weighted by atomic mass is 32.1. The van der Waals surface area contributed by atoms with Gasteiger partial charge in [-0.3, -0.25) is 0 Å². The predicted octanol–water partition coefficient (Wildman–Crippen LogP) is 1.56. The number of nitrogens with zero attached hydrogens (tertiary/aromatic N) is 3. The topological polar surface area (TPSA) is 61.3 Å². The molecule has 0 amide bonds. The van der Waals surface area contributed by atoms with Gasteiger partial charge in [0.1, 0.15) is 10.7 Å². The lowest BCUT2D eigenvalue weighted by molar-refractivity contribution is 0.270. The van der Waals surface area contributed by atoms with Gasteiger partial charge in [0.25, 0.3) is 0 Å². The van der Waals surface area contributed by atoms with Crippen molar-refractivity contribution in [3.05, 3.63) is 5.69 Å². The first-order chi connectivity index (χ1) is 8.27. The van der Waals surface area contributed by atoms with Crippen LogP contribution in [0.15, 0.2) is 0 Å². The van der Waals surface area contributed by atoms with Gasteiger partial charge in [0, 0.05) is 31.2 Å². The molecular formula is C11H22N4OS. The Balaban J connectivity index is 2.29. The van der Waals surface area contributed by atoms with Gasteiger partial charge in [-0.05, 0) is 39.8 Å². The van der Waals surface area contributed by atoms with Crippen molar-refractivity contribution in [1.82, 2.24) is 14.5 Å². The van der Waals surface area contributed by atoms with E-state index in [1.165, 1.54) is 11.5 Å². The van der Waals surface area contributed by atoms with E-state index in [0.29, 0.717) is 6.61 Å². The average molecular weight is 258 g/mol. The van der Waals surface area contributed by atoms with Crippen LogP contribution in [-0.4, -0.2) is 46.3 Å². The highest BCUT2D eigenvalue weighted by Crippen LogP contribution is 2.18. The fraction of sp³-hybridized carbons (Fsp3) is 0.818. The number of aliphatic hydroxyl groups is 1. The van der Waals surface area contributed by atoms with Crippen LogP contribution in [0.3, 0.4) is 0 Å². The van der Waals surface area contributed by atoms with Crippen molar-refractivity contribution in [2.24, 2.45) is 0 Å². The van der Waals surface area contributed by atoms with Crippen molar-refractivity contribution in [2.45, 2.75) is 32.7 Å². The summed E-state index contributed by atoms with van der Waals surface area (Å²) in [7, 11) is 2.09. The van der Waals surface area contributed by atoms with Gasteiger partial charge in [-0.15, -0.1) is 5.10 Å². The first-order valence-electron chi connectivity index (χ1n) is 6.12. The van der Waals surface area contributed by atoms with E-state index >= 15 is 0 Å². The Bertz CT molecular complexity index is 305. The molecule has 1 heterocycles. The first-order valence-corrected chi connectivity index (χ1v) is 6.89. The molecule has 0 spiro atoms. The molecule has 0 atom stereocenters. The Labute approximate surface area is 107 Å². The molecule has 1 rings (SSSR count). The lowest BCUT2D eigenvalue weighted by Crippen LogP contribution is -2.20. The molecule has 0 aliphatic rings. The third-order valence-corrected chi connectivity index (χ3v) is 3.24. The van der Waals surface area contributed by atoms with Crippen molar-refractivity contribution in [3.63, 3.8) is 0 Å². The van der Waals surface area contributed by atoms with E-state index in [1.807, 2.05) is 0 Å². The Morgan fingerprint density at radius 3 is 2.88 bits per heavy atom. The van der Waals surface area contributed by atoms with Crippen LogP contribution in [0.5, 0.6) is 0 Å². The monoisotopic (exact) mass is 258 g/mol. The summed E-state index contributed by atoms with van der Waals surface area (Å²) in [6.07, 6.45) is 3.09.